The minimum Gasteiger partial charge on any atom is -0.494 e. The lowest BCUT2D eigenvalue weighted by Crippen LogP contribution is -2.49. The van der Waals surface area contributed by atoms with E-state index in [9.17, 15) is 19.2 Å². The third-order valence-electron chi connectivity index (χ3n) is 6.89. The number of furan rings is 1. The average molecular weight is 631 g/mol. The molecular weight excluding hydrogens is 592 g/mol. The number of nitrogens with zero attached hydrogens (tertiary/aromatic N) is 4. The zero-order valence-electron chi connectivity index (χ0n) is 26.9. The summed E-state index contributed by atoms with van der Waals surface area (Å²) in [6.07, 6.45) is -0.0793. The summed E-state index contributed by atoms with van der Waals surface area (Å²) in [6, 6.07) is 15.3. The van der Waals surface area contributed by atoms with Gasteiger partial charge in [0, 0.05) is 24.8 Å². The number of fused-ring (bicyclic) bond motifs is 2. The second kappa shape index (κ2) is 13.5. The topological polar surface area (TPSA) is 164 Å². The van der Waals surface area contributed by atoms with E-state index < -0.39 is 46.3 Å². The zero-order chi connectivity index (χ0) is 33.7. The third kappa shape index (κ3) is 8.15. The van der Waals surface area contributed by atoms with Gasteiger partial charge < -0.3 is 18.6 Å². The van der Waals surface area contributed by atoms with Gasteiger partial charge in [-0.05, 0) is 90.8 Å². The molecule has 0 atom stereocenters. The van der Waals surface area contributed by atoms with Gasteiger partial charge in [0.05, 0.1) is 18.1 Å². The number of benzene rings is 2. The van der Waals surface area contributed by atoms with E-state index in [4.69, 9.17) is 23.9 Å². The lowest BCUT2D eigenvalue weighted by molar-refractivity contribution is -0.186. The Labute approximate surface area is 266 Å². The molecule has 0 aliphatic carbocycles. The highest BCUT2D eigenvalue weighted by molar-refractivity contribution is 6.08. The van der Waals surface area contributed by atoms with Gasteiger partial charge >= 0.3 is 11.9 Å². The average Bonchev–Trinajstić information content (AvgIpc) is 3.40. The van der Waals surface area contributed by atoms with E-state index in [0.717, 1.165) is 4.68 Å². The standard InChI is InChI=1S/C34H38N4O8/c1-32(2,3)45-30(41)34(31(42)46-33(4,5)6,15-17-38-29(40)24-11-7-8-12-25(24)36-37-38)21-26(39)28-20-22-19-23(13-14-27(22)44-28)43-18-10-9-16-35/h7-8,11-14,19-20H,9-10,15,17-18,21H2,1-6H3. The molecule has 12 nitrogen and oxygen atoms in total. The highest BCUT2D eigenvalue weighted by Crippen LogP contribution is 2.37. The summed E-state index contributed by atoms with van der Waals surface area (Å²) in [6.45, 7) is 9.97. The smallest absolute Gasteiger partial charge is 0.324 e. The monoisotopic (exact) mass is 630 g/mol. The minimum atomic E-state index is -2.17. The van der Waals surface area contributed by atoms with Crippen molar-refractivity contribution in [2.75, 3.05) is 6.61 Å². The Kier molecular flexibility index (Phi) is 9.95. The van der Waals surface area contributed by atoms with Crippen molar-refractivity contribution in [2.45, 2.75) is 85.0 Å². The van der Waals surface area contributed by atoms with Crippen LogP contribution in [0.15, 0.2) is 57.7 Å². The third-order valence-corrected chi connectivity index (χ3v) is 6.89. The summed E-state index contributed by atoms with van der Waals surface area (Å²) in [4.78, 5) is 55.1. The largest absolute Gasteiger partial charge is 0.494 e. The van der Waals surface area contributed by atoms with Crippen LogP contribution in [0.25, 0.3) is 21.9 Å². The molecule has 2 heterocycles. The Bertz CT molecular complexity index is 1830. The van der Waals surface area contributed by atoms with Crippen molar-refractivity contribution in [3.05, 3.63) is 64.6 Å². The molecule has 0 unspecified atom stereocenters. The first-order valence-corrected chi connectivity index (χ1v) is 15.0. The lowest BCUT2D eigenvalue weighted by Gasteiger charge is -2.34. The maximum Gasteiger partial charge on any atom is 0.324 e. The number of hydrogen-bond donors (Lipinski definition) is 0. The first-order valence-electron chi connectivity index (χ1n) is 15.0. The molecule has 0 bridgehead atoms. The number of aryl methyl sites for hydroxylation is 1. The van der Waals surface area contributed by atoms with Crippen LogP contribution in [-0.2, 0) is 25.6 Å². The second-order valence-corrected chi connectivity index (χ2v) is 13.0. The number of rotatable bonds is 12. The van der Waals surface area contributed by atoms with Gasteiger partial charge in [0.2, 0.25) is 0 Å². The normalized spacial score (nSPS) is 12.1. The highest BCUT2D eigenvalue weighted by atomic mass is 16.6. The van der Waals surface area contributed by atoms with Crippen molar-refractivity contribution in [1.82, 2.24) is 15.0 Å². The molecule has 0 fully saturated rings. The van der Waals surface area contributed by atoms with E-state index in [1.807, 2.05) is 0 Å². The van der Waals surface area contributed by atoms with Crippen molar-refractivity contribution in [3.63, 3.8) is 0 Å². The fraction of sp³-hybridized carbons (Fsp3) is 0.441. The first kappa shape index (κ1) is 33.8. The Morgan fingerprint density at radius 2 is 1.63 bits per heavy atom. The van der Waals surface area contributed by atoms with Crippen molar-refractivity contribution in [3.8, 4) is 11.8 Å². The molecule has 4 aromatic rings. The molecule has 46 heavy (non-hydrogen) atoms. The number of aromatic nitrogens is 3. The number of esters is 2. The van der Waals surface area contributed by atoms with E-state index in [0.29, 0.717) is 47.1 Å². The fourth-order valence-corrected chi connectivity index (χ4v) is 4.69. The van der Waals surface area contributed by atoms with Crippen LogP contribution in [0.1, 0.15) is 77.8 Å². The fourth-order valence-electron chi connectivity index (χ4n) is 4.69. The minimum absolute atomic E-state index is 0.0872. The van der Waals surface area contributed by atoms with Crippen molar-refractivity contribution < 1.29 is 33.0 Å². The van der Waals surface area contributed by atoms with Gasteiger partial charge in [0.15, 0.2) is 17.0 Å². The van der Waals surface area contributed by atoms with E-state index >= 15 is 0 Å². The predicted molar refractivity (Wildman–Crippen MR) is 168 cm³/mol. The van der Waals surface area contributed by atoms with Gasteiger partial charge in [0.1, 0.15) is 28.1 Å². The quantitative estimate of drug-likeness (QED) is 0.0834. The van der Waals surface area contributed by atoms with E-state index in [2.05, 4.69) is 16.4 Å². The Morgan fingerprint density at radius 1 is 0.957 bits per heavy atom. The molecule has 242 valence electrons. The molecule has 0 aliphatic heterocycles. The molecule has 2 aromatic heterocycles. The predicted octanol–water partition coefficient (Wildman–Crippen LogP) is 5.55. The summed E-state index contributed by atoms with van der Waals surface area (Å²) in [5.74, 6) is -2.16. The molecule has 12 heteroatoms. The Morgan fingerprint density at radius 3 is 2.28 bits per heavy atom. The van der Waals surface area contributed by atoms with E-state index in [1.165, 1.54) is 6.07 Å². The molecule has 2 aromatic carbocycles. The van der Waals surface area contributed by atoms with Gasteiger partial charge in [-0.15, -0.1) is 5.10 Å². The first-order chi connectivity index (χ1) is 21.6. The lowest BCUT2D eigenvalue weighted by atomic mass is 9.78. The van der Waals surface area contributed by atoms with Crippen LogP contribution in [0.5, 0.6) is 5.75 Å². The van der Waals surface area contributed by atoms with Crippen molar-refractivity contribution in [1.29, 1.82) is 5.26 Å². The number of ketones is 1. The molecule has 0 radical (unpaired) electrons. The maximum atomic E-state index is 14.0. The van der Waals surface area contributed by atoms with Crippen LogP contribution in [-0.4, -0.2) is 50.5 Å². The van der Waals surface area contributed by atoms with Gasteiger partial charge in [-0.1, -0.05) is 17.3 Å². The number of nitriles is 1. The molecule has 0 saturated heterocycles. The molecule has 0 N–H and O–H groups in total. The van der Waals surface area contributed by atoms with Crippen molar-refractivity contribution >= 4 is 39.6 Å². The van der Waals surface area contributed by atoms with Crippen LogP contribution in [0.2, 0.25) is 0 Å². The van der Waals surface area contributed by atoms with Gasteiger partial charge in [0.25, 0.3) is 5.56 Å². The Balaban J connectivity index is 1.72. The SMILES string of the molecule is CC(C)(C)OC(=O)C(CCn1nnc2ccccc2c1=O)(CC(=O)c1cc2cc(OCCCC#N)ccc2o1)C(=O)OC(C)(C)C. The van der Waals surface area contributed by atoms with Crippen LogP contribution in [0.3, 0.4) is 0 Å². The summed E-state index contributed by atoms with van der Waals surface area (Å²) >= 11 is 0. The number of unbranched alkanes of at least 4 members (excludes halogenated alkanes) is 1. The number of carbonyl (C=O) groups excluding carboxylic acids is 3. The van der Waals surface area contributed by atoms with Crippen LogP contribution in [0, 0.1) is 16.7 Å². The van der Waals surface area contributed by atoms with Crippen LogP contribution >= 0.6 is 0 Å². The van der Waals surface area contributed by atoms with Gasteiger partial charge in [-0.2, -0.15) is 5.26 Å². The highest BCUT2D eigenvalue weighted by Gasteiger charge is 2.53. The summed E-state index contributed by atoms with van der Waals surface area (Å²) < 4.78 is 24.0. The van der Waals surface area contributed by atoms with Gasteiger partial charge in [-0.25, -0.2) is 4.68 Å². The summed E-state index contributed by atoms with van der Waals surface area (Å²) in [7, 11) is 0. The molecular formula is C34H38N4O8. The van der Waals surface area contributed by atoms with Gasteiger partial charge in [-0.3, -0.25) is 19.2 Å². The molecule has 0 amide bonds. The molecule has 0 spiro atoms. The number of Topliss-reactive ketones (excluding diaryl/α,β-unsaturated/α-hetero) is 1. The van der Waals surface area contributed by atoms with Crippen LogP contribution in [0.4, 0.5) is 0 Å². The van der Waals surface area contributed by atoms with Crippen LogP contribution < -0.4 is 10.3 Å². The maximum absolute atomic E-state index is 14.0. The number of hydrogen-bond acceptors (Lipinski definition) is 11. The van der Waals surface area contributed by atoms with E-state index in [-0.39, 0.29) is 18.7 Å². The summed E-state index contributed by atoms with van der Waals surface area (Å²) in [5.41, 5.74) is -3.89. The zero-order valence-corrected chi connectivity index (χ0v) is 26.9. The molecule has 0 aliphatic rings. The van der Waals surface area contributed by atoms with Crippen molar-refractivity contribution in [2.24, 2.45) is 5.41 Å². The molecule has 0 saturated carbocycles. The molecule has 4 rings (SSSR count). The van der Waals surface area contributed by atoms with E-state index in [1.54, 1.807) is 84.0 Å². The number of ether oxygens (including phenoxy) is 3. The second-order valence-electron chi connectivity index (χ2n) is 13.0. The Hall–Kier alpha value is -5.05. The number of carbonyl (C=O) groups is 3. The summed E-state index contributed by atoms with van der Waals surface area (Å²) in [5, 5.41) is 17.7.